The minimum absolute atomic E-state index is 0.0601. The number of aliphatic hydroxyl groups is 1. The van der Waals surface area contributed by atoms with Crippen LogP contribution in [0, 0.1) is 0 Å². The molecule has 0 fully saturated rings. The zero-order valence-electron chi connectivity index (χ0n) is 19.9. The standard InChI is InChI=1S/C28H28F3N3O/c1-3-20-13-23(28(29,30)31)15-25-26(20)33(2)27(32-24-12-11-21-5-4-6-22(21)14-24)34(25)16-18-7-9-19(17-35)10-8-18/h7-15,35H,3-6,16-17H2,1-2H3/b32-27-. The van der Waals surface area contributed by atoms with Crippen molar-refractivity contribution in [1.82, 2.24) is 9.13 Å². The number of rotatable bonds is 5. The fraction of sp³-hybridized carbons (Fsp3) is 0.321. The van der Waals surface area contributed by atoms with Crippen LogP contribution in [0.25, 0.3) is 11.0 Å². The first-order valence-corrected chi connectivity index (χ1v) is 11.9. The number of hydrogen-bond donors (Lipinski definition) is 1. The first-order chi connectivity index (χ1) is 16.8. The lowest BCUT2D eigenvalue weighted by Gasteiger charge is -2.12. The molecule has 0 aliphatic heterocycles. The average Bonchev–Trinajstić information content (AvgIpc) is 3.42. The number of aryl methyl sites for hydroxylation is 4. The number of aromatic nitrogens is 2. The Morgan fingerprint density at radius 2 is 1.66 bits per heavy atom. The van der Waals surface area contributed by atoms with Gasteiger partial charge in [0, 0.05) is 7.05 Å². The molecule has 1 N–H and O–H groups in total. The summed E-state index contributed by atoms with van der Waals surface area (Å²) in [5.41, 5.74) is 6.99. The van der Waals surface area contributed by atoms with E-state index in [1.54, 1.807) is 0 Å². The van der Waals surface area contributed by atoms with Crippen LogP contribution in [0.3, 0.4) is 0 Å². The number of alkyl halides is 3. The second-order valence-corrected chi connectivity index (χ2v) is 9.19. The first-order valence-electron chi connectivity index (χ1n) is 11.9. The van der Waals surface area contributed by atoms with Gasteiger partial charge in [-0.3, -0.25) is 0 Å². The Kier molecular flexibility index (Phi) is 6.05. The second kappa shape index (κ2) is 9.04. The van der Waals surface area contributed by atoms with Gasteiger partial charge in [-0.05, 0) is 77.8 Å². The molecule has 1 aromatic heterocycles. The highest BCUT2D eigenvalue weighted by Gasteiger charge is 2.32. The molecular weight excluding hydrogens is 451 g/mol. The lowest BCUT2D eigenvalue weighted by atomic mass is 10.1. The molecule has 1 aliphatic rings. The van der Waals surface area contributed by atoms with Crippen molar-refractivity contribution in [1.29, 1.82) is 0 Å². The number of fused-ring (bicyclic) bond motifs is 2. The molecule has 5 rings (SSSR count). The molecule has 35 heavy (non-hydrogen) atoms. The van der Waals surface area contributed by atoms with Crippen LogP contribution in [-0.4, -0.2) is 14.2 Å². The molecule has 0 saturated heterocycles. The van der Waals surface area contributed by atoms with Crippen molar-refractivity contribution in [2.24, 2.45) is 12.0 Å². The van der Waals surface area contributed by atoms with Crippen molar-refractivity contribution in [3.8, 4) is 0 Å². The summed E-state index contributed by atoms with van der Waals surface area (Å²) in [6.45, 7) is 2.17. The Balaban J connectivity index is 1.77. The van der Waals surface area contributed by atoms with Crippen LogP contribution in [-0.2, 0) is 45.6 Å². The predicted molar refractivity (Wildman–Crippen MR) is 130 cm³/mol. The molecule has 0 radical (unpaired) electrons. The third kappa shape index (κ3) is 4.41. The van der Waals surface area contributed by atoms with E-state index in [0.717, 1.165) is 41.6 Å². The first kappa shape index (κ1) is 23.4. The van der Waals surface area contributed by atoms with Crippen molar-refractivity contribution >= 4 is 16.7 Å². The van der Waals surface area contributed by atoms with Crippen molar-refractivity contribution in [2.45, 2.75) is 51.9 Å². The van der Waals surface area contributed by atoms with Crippen molar-refractivity contribution in [3.05, 3.63) is 93.6 Å². The second-order valence-electron chi connectivity index (χ2n) is 9.19. The van der Waals surface area contributed by atoms with Gasteiger partial charge in [-0.1, -0.05) is 37.3 Å². The van der Waals surface area contributed by atoms with Crippen molar-refractivity contribution in [3.63, 3.8) is 0 Å². The van der Waals surface area contributed by atoms with Gasteiger partial charge in [-0.25, -0.2) is 4.99 Å². The molecule has 7 heteroatoms. The fourth-order valence-corrected chi connectivity index (χ4v) is 5.06. The van der Waals surface area contributed by atoms with Crippen LogP contribution >= 0.6 is 0 Å². The van der Waals surface area contributed by atoms with Gasteiger partial charge >= 0.3 is 6.18 Å². The number of halogens is 3. The zero-order chi connectivity index (χ0) is 24.7. The summed E-state index contributed by atoms with van der Waals surface area (Å²) >= 11 is 0. The molecule has 4 nitrogen and oxygen atoms in total. The third-order valence-corrected chi connectivity index (χ3v) is 6.90. The Bertz CT molecular complexity index is 1460. The van der Waals surface area contributed by atoms with Crippen LogP contribution in [0.1, 0.15) is 46.7 Å². The Morgan fingerprint density at radius 1 is 0.943 bits per heavy atom. The van der Waals surface area contributed by atoms with Crippen LogP contribution < -0.4 is 5.62 Å². The van der Waals surface area contributed by atoms with Gasteiger partial charge in [0.2, 0.25) is 5.62 Å². The number of benzene rings is 3. The van der Waals surface area contributed by atoms with Gasteiger partial charge in [0.05, 0.1) is 35.4 Å². The summed E-state index contributed by atoms with van der Waals surface area (Å²) in [7, 11) is 1.87. The van der Waals surface area contributed by atoms with Crippen LogP contribution in [0.5, 0.6) is 0 Å². The Hall–Kier alpha value is -3.32. The number of imidazole rings is 1. The molecule has 1 heterocycles. The lowest BCUT2D eigenvalue weighted by Crippen LogP contribution is -2.24. The minimum atomic E-state index is -4.44. The smallest absolute Gasteiger partial charge is 0.392 e. The monoisotopic (exact) mass is 479 g/mol. The summed E-state index contributed by atoms with van der Waals surface area (Å²) in [6, 6.07) is 16.1. The van der Waals surface area contributed by atoms with Crippen LogP contribution in [0.4, 0.5) is 18.9 Å². The average molecular weight is 480 g/mol. The van der Waals surface area contributed by atoms with E-state index in [1.807, 2.05) is 53.4 Å². The summed E-state index contributed by atoms with van der Waals surface area (Å²) in [5, 5.41) is 9.37. The largest absolute Gasteiger partial charge is 0.416 e. The quantitative estimate of drug-likeness (QED) is 0.385. The summed E-state index contributed by atoms with van der Waals surface area (Å²) in [6.07, 6.45) is -0.724. The maximum absolute atomic E-state index is 13.8. The van der Waals surface area contributed by atoms with Crippen molar-refractivity contribution in [2.75, 3.05) is 0 Å². The van der Waals surface area contributed by atoms with E-state index in [0.29, 0.717) is 29.7 Å². The molecule has 3 aromatic carbocycles. The SMILES string of the molecule is CCc1cc(C(F)(F)F)cc2c1n(C)/c(=N/c1ccc3c(c1)CCC3)n2Cc1ccc(CO)cc1. The van der Waals surface area contributed by atoms with Crippen molar-refractivity contribution < 1.29 is 18.3 Å². The van der Waals surface area contributed by atoms with Gasteiger partial charge in [0.1, 0.15) is 0 Å². The molecule has 0 unspecified atom stereocenters. The molecule has 182 valence electrons. The molecule has 4 aromatic rings. The molecule has 0 amide bonds. The van der Waals surface area contributed by atoms with E-state index >= 15 is 0 Å². The third-order valence-electron chi connectivity index (χ3n) is 6.90. The van der Waals surface area contributed by atoms with Gasteiger partial charge in [-0.15, -0.1) is 0 Å². The maximum Gasteiger partial charge on any atom is 0.416 e. The predicted octanol–water partition coefficient (Wildman–Crippen LogP) is 5.82. The maximum atomic E-state index is 13.8. The van der Waals surface area contributed by atoms with Gasteiger partial charge in [0.25, 0.3) is 0 Å². The van der Waals surface area contributed by atoms with Gasteiger partial charge in [-0.2, -0.15) is 13.2 Å². The summed E-state index contributed by atoms with van der Waals surface area (Å²) in [4.78, 5) is 4.96. The topological polar surface area (TPSA) is 42.5 Å². The highest BCUT2D eigenvalue weighted by atomic mass is 19.4. The van der Waals surface area contributed by atoms with Gasteiger partial charge < -0.3 is 14.2 Å². The van der Waals surface area contributed by atoms with E-state index in [2.05, 4.69) is 12.1 Å². The van der Waals surface area contributed by atoms with E-state index < -0.39 is 11.7 Å². The molecule has 0 atom stereocenters. The lowest BCUT2D eigenvalue weighted by molar-refractivity contribution is -0.137. The molecule has 0 bridgehead atoms. The normalized spacial score (nSPS) is 14.2. The Labute approximate surface area is 202 Å². The molecule has 1 aliphatic carbocycles. The molecule has 0 spiro atoms. The van der Waals surface area contributed by atoms with E-state index in [9.17, 15) is 18.3 Å². The summed E-state index contributed by atoms with van der Waals surface area (Å²) in [5.74, 6) is 0. The minimum Gasteiger partial charge on any atom is -0.392 e. The zero-order valence-corrected chi connectivity index (χ0v) is 19.9. The van der Waals surface area contributed by atoms with E-state index in [1.165, 1.54) is 23.3 Å². The van der Waals surface area contributed by atoms with Crippen LogP contribution in [0.2, 0.25) is 0 Å². The summed E-state index contributed by atoms with van der Waals surface area (Å²) < 4.78 is 45.1. The number of nitrogens with zero attached hydrogens (tertiary/aromatic N) is 3. The Morgan fingerprint density at radius 3 is 2.34 bits per heavy atom. The number of hydrogen-bond acceptors (Lipinski definition) is 2. The molecule has 0 saturated carbocycles. The highest BCUT2D eigenvalue weighted by Crippen LogP contribution is 2.34. The van der Waals surface area contributed by atoms with E-state index in [-0.39, 0.29) is 6.61 Å². The molecular formula is C28H28F3N3O. The van der Waals surface area contributed by atoms with E-state index in [4.69, 9.17) is 4.99 Å². The number of aliphatic hydroxyl groups excluding tert-OH is 1. The van der Waals surface area contributed by atoms with Gasteiger partial charge in [0.15, 0.2) is 0 Å². The highest BCUT2D eigenvalue weighted by molar-refractivity contribution is 5.81. The van der Waals surface area contributed by atoms with Crippen LogP contribution in [0.15, 0.2) is 59.6 Å². The fourth-order valence-electron chi connectivity index (χ4n) is 5.06.